The van der Waals surface area contributed by atoms with Crippen molar-refractivity contribution >= 4 is 17.7 Å². The maximum absolute atomic E-state index is 12.7. The Morgan fingerprint density at radius 1 is 1.24 bits per heavy atom. The van der Waals surface area contributed by atoms with E-state index in [2.05, 4.69) is 20.5 Å². The molecular weight excluding hydrogens is 341 g/mol. The van der Waals surface area contributed by atoms with E-state index >= 15 is 0 Å². The molecule has 0 fully saturated rings. The minimum atomic E-state index is -4.55. The Morgan fingerprint density at radius 3 is 2.68 bits per heavy atom. The number of halogens is 3. The number of benzene rings is 1. The molecule has 0 spiro atoms. The highest BCUT2D eigenvalue weighted by molar-refractivity contribution is 6.08. The first-order chi connectivity index (χ1) is 11.8. The molecular formula is C15H11F3N4O3. The summed E-state index contributed by atoms with van der Waals surface area (Å²) < 4.78 is 38.2. The van der Waals surface area contributed by atoms with Gasteiger partial charge in [-0.1, -0.05) is 6.07 Å². The first-order valence-electron chi connectivity index (χ1n) is 7.17. The van der Waals surface area contributed by atoms with Gasteiger partial charge in [0, 0.05) is 17.6 Å². The SMILES string of the molecule is O=C(O)C1=C2CC(NC(=O)c3cccc(C(F)(F)F)c3)CN=C2N=N1. The topological polar surface area (TPSA) is 103 Å². The molecule has 0 aromatic heterocycles. The lowest BCUT2D eigenvalue weighted by Crippen LogP contribution is -2.40. The van der Waals surface area contributed by atoms with E-state index in [9.17, 15) is 22.8 Å². The van der Waals surface area contributed by atoms with Crippen LogP contribution >= 0.6 is 0 Å². The van der Waals surface area contributed by atoms with E-state index in [0.29, 0.717) is 5.57 Å². The molecule has 1 aromatic carbocycles. The van der Waals surface area contributed by atoms with Crippen molar-refractivity contribution in [3.63, 3.8) is 0 Å². The van der Waals surface area contributed by atoms with E-state index in [1.165, 1.54) is 6.07 Å². The van der Waals surface area contributed by atoms with E-state index in [-0.39, 0.29) is 30.1 Å². The molecule has 2 aliphatic heterocycles. The van der Waals surface area contributed by atoms with Crippen LogP contribution in [0.1, 0.15) is 22.3 Å². The second-order valence-corrected chi connectivity index (χ2v) is 5.45. The van der Waals surface area contributed by atoms with Gasteiger partial charge in [-0.05, 0) is 18.2 Å². The highest BCUT2D eigenvalue weighted by Crippen LogP contribution is 2.30. The summed E-state index contributed by atoms with van der Waals surface area (Å²) in [5.41, 5.74) is -1.00. The third-order valence-electron chi connectivity index (χ3n) is 3.70. The Balaban J connectivity index is 1.75. The molecule has 0 saturated heterocycles. The number of azo groups is 1. The molecule has 1 atom stereocenters. The van der Waals surface area contributed by atoms with Gasteiger partial charge in [-0.3, -0.25) is 9.79 Å². The van der Waals surface area contributed by atoms with Crippen LogP contribution in [0.2, 0.25) is 0 Å². The van der Waals surface area contributed by atoms with Crippen LogP contribution < -0.4 is 5.32 Å². The number of fused-ring (bicyclic) bond motifs is 1. The molecule has 25 heavy (non-hydrogen) atoms. The second-order valence-electron chi connectivity index (χ2n) is 5.45. The number of carboxylic acids is 1. The van der Waals surface area contributed by atoms with Crippen molar-refractivity contribution in [1.29, 1.82) is 0 Å². The quantitative estimate of drug-likeness (QED) is 0.873. The predicted molar refractivity (Wildman–Crippen MR) is 79.1 cm³/mol. The van der Waals surface area contributed by atoms with Crippen molar-refractivity contribution in [2.75, 3.05) is 6.54 Å². The van der Waals surface area contributed by atoms with Gasteiger partial charge in [-0.25, -0.2) is 4.79 Å². The van der Waals surface area contributed by atoms with Crippen LogP contribution in [0.4, 0.5) is 13.2 Å². The lowest BCUT2D eigenvalue weighted by atomic mass is 10.00. The van der Waals surface area contributed by atoms with Crippen LogP contribution in [0.5, 0.6) is 0 Å². The summed E-state index contributed by atoms with van der Waals surface area (Å²) in [5.74, 6) is -1.74. The number of hydrogen-bond donors (Lipinski definition) is 2. The van der Waals surface area contributed by atoms with Gasteiger partial charge in [0.1, 0.15) is 0 Å². The average molecular weight is 352 g/mol. The summed E-state index contributed by atoms with van der Waals surface area (Å²) in [5, 5.41) is 18.8. The molecule has 2 heterocycles. The van der Waals surface area contributed by atoms with Crippen molar-refractivity contribution < 1.29 is 27.9 Å². The number of aliphatic carboxylic acids is 1. The molecule has 1 amide bonds. The monoisotopic (exact) mass is 352 g/mol. The van der Waals surface area contributed by atoms with Gasteiger partial charge >= 0.3 is 12.1 Å². The Bertz CT molecular complexity index is 843. The van der Waals surface area contributed by atoms with Gasteiger partial charge in [0.05, 0.1) is 18.2 Å². The Kier molecular flexibility index (Phi) is 4.11. The molecule has 10 heteroatoms. The number of carbonyl (C=O) groups is 2. The number of alkyl halides is 3. The molecule has 0 saturated carbocycles. The summed E-state index contributed by atoms with van der Waals surface area (Å²) in [4.78, 5) is 27.3. The van der Waals surface area contributed by atoms with Gasteiger partial charge in [0.15, 0.2) is 11.5 Å². The van der Waals surface area contributed by atoms with Crippen molar-refractivity contribution in [3.05, 3.63) is 46.7 Å². The lowest BCUT2D eigenvalue weighted by Gasteiger charge is -2.21. The first-order valence-corrected chi connectivity index (χ1v) is 7.17. The van der Waals surface area contributed by atoms with Crippen LogP contribution in [0.3, 0.4) is 0 Å². The van der Waals surface area contributed by atoms with Gasteiger partial charge in [-0.15, -0.1) is 10.2 Å². The van der Waals surface area contributed by atoms with Crippen LogP contribution in [0, 0.1) is 0 Å². The molecule has 3 rings (SSSR count). The largest absolute Gasteiger partial charge is 0.476 e. The van der Waals surface area contributed by atoms with E-state index in [4.69, 9.17) is 5.11 Å². The summed E-state index contributed by atoms with van der Waals surface area (Å²) in [6.07, 6.45) is -4.41. The van der Waals surface area contributed by atoms with E-state index in [1.807, 2.05) is 0 Å². The van der Waals surface area contributed by atoms with Crippen LogP contribution in [0.15, 0.2) is 50.8 Å². The summed E-state index contributed by atoms with van der Waals surface area (Å²) in [6, 6.07) is 3.49. The number of nitrogens with one attached hydrogen (secondary N) is 1. The molecule has 1 aromatic rings. The van der Waals surface area contributed by atoms with Crippen LogP contribution in [0.25, 0.3) is 0 Å². The number of carboxylic acid groups (broad SMARTS) is 1. The van der Waals surface area contributed by atoms with Crippen molar-refractivity contribution in [3.8, 4) is 0 Å². The predicted octanol–water partition coefficient (Wildman–Crippen LogP) is 2.41. The Morgan fingerprint density at radius 2 is 2.00 bits per heavy atom. The van der Waals surface area contributed by atoms with Gasteiger partial charge < -0.3 is 10.4 Å². The highest BCUT2D eigenvalue weighted by Gasteiger charge is 2.32. The van der Waals surface area contributed by atoms with Gasteiger partial charge in [0.25, 0.3) is 5.91 Å². The number of carbonyl (C=O) groups excluding carboxylic acids is 1. The summed E-state index contributed by atoms with van der Waals surface area (Å²) in [7, 11) is 0. The normalized spacial score (nSPS) is 19.5. The first kappa shape index (κ1) is 16.8. The number of amides is 1. The standard InChI is InChI=1S/C15H11F3N4O3/c16-15(17,18)8-3-1-2-7(4-8)13(23)20-9-5-10-11(14(24)25)21-22-12(10)19-6-9/h1-4,9H,5-6H2,(H,20,23)(H,24,25). The maximum atomic E-state index is 12.7. The number of nitrogens with zero attached hydrogens (tertiary/aromatic N) is 3. The lowest BCUT2D eigenvalue weighted by molar-refractivity contribution is -0.137. The van der Waals surface area contributed by atoms with Crippen LogP contribution in [-0.2, 0) is 11.0 Å². The number of hydrogen-bond acceptors (Lipinski definition) is 5. The molecule has 130 valence electrons. The van der Waals surface area contributed by atoms with Crippen molar-refractivity contribution in [2.24, 2.45) is 15.2 Å². The highest BCUT2D eigenvalue weighted by atomic mass is 19.4. The number of amidine groups is 1. The third-order valence-corrected chi connectivity index (χ3v) is 3.70. The molecule has 2 N–H and O–H groups in total. The van der Waals surface area contributed by atoms with Gasteiger partial charge in [0.2, 0.25) is 0 Å². The molecule has 0 bridgehead atoms. The zero-order chi connectivity index (χ0) is 18.2. The molecule has 7 nitrogen and oxygen atoms in total. The van der Waals surface area contributed by atoms with E-state index < -0.39 is 29.7 Å². The second kappa shape index (κ2) is 6.11. The van der Waals surface area contributed by atoms with Crippen molar-refractivity contribution in [1.82, 2.24) is 5.32 Å². The van der Waals surface area contributed by atoms with Crippen LogP contribution in [-0.4, -0.2) is 35.4 Å². The Labute approximate surface area is 139 Å². The molecule has 0 radical (unpaired) electrons. The minimum absolute atomic E-state index is 0.134. The number of aliphatic imine (C=N–C) groups is 1. The third kappa shape index (κ3) is 3.42. The fourth-order valence-electron chi connectivity index (χ4n) is 2.52. The van der Waals surface area contributed by atoms with E-state index in [0.717, 1.165) is 18.2 Å². The average Bonchev–Trinajstić information content (AvgIpc) is 2.97. The summed E-state index contributed by atoms with van der Waals surface area (Å²) in [6.45, 7) is 0.134. The fourth-order valence-corrected chi connectivity index (χ4v) is 2.52. The smallest absolute Gasteiger partial charge is 0.416 e. The zero-order valence-corrected chi connectivity index (χ0v) is 12.5. The molecule has 1 unspecified atom stereocenters. The van der Waals surface area contributed by atoms with Gasteiger partial charge in [-0.2, -0.15) is 13.2 Å². The molecule has 2 aliphatic rings. The Hall–Kier alpha value is -3.04. The number of rotatable bonds is 3. The van der Waals surface area contributed by atoms with E-state index in [1.54, 1.807) is 0 Å². The van der Waals surface area contributed by atoms with Crippen molar-refractivity contribution in [2.45, 2.75) is 18.6 Å². The summed E-state index contributed by atoms with van der Waals surface area (Å²) >= 11 is 0. The minimum Gasteiger partial charge on any atom is -0.476 e. The fraction of sp³-hybridized carbons (Fsp3) is 0.267. The zero-order valence-electron chi connectivity index (χ0n) is 12.5. The maximum Gasteiger partial charge on any atom is 0.416 e. The molecule has 0 aliphatic carbocycles.